The van der Waals surface area contributed by atoms with E-state index in [0.29, 0.717) is 5.41 Å². The van der Waals surface area contributed by atoms with Crippen molar-refractivity contribution in [2.75, 3.05) is 32.7 Å². The summed E-state index contributed by atoms with van der Waals surface area (Å²) < 4.78 is 0. The monoisotopic (exact) mass is 210 g/mol. The number of hydrogen-bond donors (Lipinski definition) is 1. The van der Waals surface area contributed by atoms with Crippen molar-refractivity contribution in [3.05, 3.63) is 0 Å². The molecule has 0 unspecified atom stereocenters. The minimum Gasteiger partial charge on any atom is -0.316 e. The molecule has 0 radical (unpaired) electrons. The van der Waals surface area contributed by atoms with Crippen molar-refractivity contribution in [3.8, 4) is 0 Å². The van der Waals surface area contributed by atoms with E-state index in [9.17, 15) is 0 Å². The first-order valence-electron chi connectivity index (χ1n) is 6.50. The Kier molecular flexibility index (Phi) is 3.36. The van der Waals surface area contributed by atoms with Crippen LogP contribution in [0, 0.1) is 17.3 Å². The molecule has 2 fully saturated rings. The maximum Gasteiger partial charge on any atom is 0.00328 e. The Morgan fingerprint density at radius 1 is 1.33 bits per heavy atom. The molecule has 1 N–H and O–H groups in total. The lowest BCUT2D eigenvalue weighted by Gasteiger charge is -2.39. The van der Waals surface area contributed by atoms with Crippen molar-refractivity contribution in [2.24, 2.45) is 17.3 Å². The summed E-state index contributed by atoms with van der Waals surface area (Å²) in [6.07, 6.45) is 2.80. The SMILES string of the molecule is C[C@@H]1CNC[C@H]1CN1CCCC(C)(C)C1. The lowest BCUT2D eigenvalue weighted by atomic mass is 9.83. The maximum atomic E-state index is 3.51. The molecule has 2 saturated heterocycles. The zero-order valence-electron chi connectivity index (χ0n) is 10.6. The van der Waals surface area contributed by atoms with Gasteiger partial charge in [0, 0.05) is 13.1 Å². The van der Waals surface area contributed by atoms with Crippen LogP contribution in [0.2, 0.25) is 0 Å². The average Bonchev–Trinajstić information content (AvgIpc) is 2.50. The summed E-state index contributed by atoms with van der Waals surface area (Å²) in [6.45, 7) is 13.6. The van der Waals surface area contributed by atoms with Crippen molar-refractivity contribution >= 4 is 0 Å². The van der Waals surface area contributed by atoms with E-state index in [-0.39, 0.29) is 0 Å². The molecule has 0 saturated carbocycles. The van der Waals surface area contributed by atoms with Gasteiger partial charge in [-0.05, 0) is 49.7 Å². The van der Waals surface area contributed by atoms with Crippen molar-refractivity contribution in [2.45, 2.75) is 33.6 Å². The first-order chi connectivity index (χ1) is 7.07. The van der Waals surface area contributed by atoms with Gasteiger partial charge in [0.25, 0.3) is 0 Å². The normalized spacial score (nSPS) is 37.0. The predicted octanol–water partition coefficient (Wildman–Crippen LogP) is 1.96. The molecule has 0 aromatic carbocycles. The smallest absolute Gasteiger partial charge is 0.00328 e. The first-order valence-corrected chi connectivity index (χ1v) is 6.50. The van der Waals surface area contributed by atoms with E-state index in [2.05, 4.69) is 31.0 Å². The highest BCUT2D eigenvalue weighted by atomic mass is 15.1. The molecule has 0 aliphatic carbocycles. The minimum atomic E-state index is 0.549. The van der Waals surface area contributed by atoms with Crippen LogP contribution in [-0.2, 0) is 0 Å². The van der Waals surface area contributed by atoms with Gasteiger partial charge in [-0.2, -0.15) is 0 Å². The topological polar surface area (TPSA) is 15.3 Å². The maximum absolute atomic E-state index is 3.51. The number of nitrogens with one attached hydrogen (secondary N) is 1. The number of rotatable bonds is 2. The molecule has 0 amide bonds. The Hall–Kier alpha value is -0.0800. The second-order valence-corrected chi connectivity index (χ2v) is 6.40. The summed E-state index contributed by atoms with van der Waals surface area (Å²) in [5.41, 5.74) is 0.549. The molecule has 0 spiro atoms. The quantitative estimate of drug-likeness (QED) is 0.749. The molecular formula is C13H26N2. The molecule has 15 heavy (non-hydrogen) atoms. The standard InChI is InChI=1S/C13H26N2/c1-11-7-14-8-12(11)9-15-6-4-5-13(2,3)10-15/h11-12,14H,4-10H2,1-3H3/t11-,12+/m1/s1. The van der Waals surface area contributed by atoms with Gasteiger partial charge < -0.3 is 10.2 Å². The Balaban J connectivity index is 1.83. The largest absolute Gasteiger partial charge is 0.316 e. The third-order valence-electron chi connectivity index (χ3n) is 4.15. The number of hydrogen-bond acceptors (Lipinski definition) is 2. The van der Waals surface area contributed by atoms with Gasteiger partial charge in [-0.25, -0.2) is 0 Å². The highest BCUT2D eigenvalue weighted by molar-refractivity contribution is 4.85. The first kappa shape index (κ1) is 11.4. The van der Waals surface area contributed by atoms with E-state index in [1.807, 2.05) is 0 Å². The zero-order valence-corrected chi connectivity index (χ0v) is 10.6. The van der Waals surface area contributed by atoms with Gasteiger partial charge >= 0.3 is 0 Å². The Morgan fingerprint density at radius 2 is 2.13 bits per heavy atom. The highest BCUT2D eigenvalue weighted by Crippen LogP contribution is 2.29. The lowest BCUT2D eigenvalue weighted by molar-refractivity contribution is 0.0985. The molecular weight excluding hydrogens is 184 g/mol. The highest BCUT2D eigenvalue weighted by Gasteiger charge is 2.30. The van der Waals surface area contributed by atoms with Crippen molar-refractivity contribution in [1.82, 2.24) is 10.2 Å². The Morgan fingerprint density at radius 3 is 2.73 bits per heavy atom. The summed E-state index contributed by atoms with van der Waals surface area (Å²) in [5.74, 6) is 1.76. The van der Waals surface area contributed by atoms with Crippen LogP contribution in [0.1, 0.15) is 33.6 Å². The number of likely N-dealkylation sites (tertiary alicyclic amines) is 1. The molecule has 2 rings (SSSR count). The van der Waals surface area contributed by atoms with Crippen LogP contribution in [0.3, 0.4) is 0 Å². The second-order valence-electron chi connectivity index (χ2n) is 6.40. The second kappa shape index (κ2) is 4.42. The van der Waals surface area contributed by atoms with Crippen LogP contribution in [0.15, 0.2) is 0 Å². The van der Waals surface area contributed by atoms with Gasteiger partial charge in [0.05, 0.1) is 0 Å². The predicted molar refractivity (Wildman–Crippen MR) is 65.0 cm³/mol. The lowest BCUT2D eigenvalue weighted by Crippen LogP contribution is -2.43. The van der Waals surface area contributed by atoms with Gasteiger partial charge in [0.1, 0.15) is 0 Å². The molecule has 0 bridgehead atoms. The third kappa shape index (κ3) is 2.94. The summed E-state index contributed by atoms with van der Waals surface area (Å²) in [5, 5.41) is 3.51. The van der Waals surface area contributed by atoms with Gasteiger partial charge in [-0.1, -0.05) is 20.8 Å². The number of piperidine rings is 1. The summed E-state index contributed by atoms with van der Waals surface area (Å²) in [6, 6.07) is 0. The van der Waals surface area contributed by atoms with Gasteiger partial charge in [0.15, 0.2) is 0 Å². The summed E-state index contributed by atoms with van der Waals surface area (Å²) >= 11 is 0. The van der Waals surface area contributed by atoms with Crippen molar-refractivity contribution < 1.29 is 0 Å². The summed E-state index contributed by atoms with van der Waals surface area (Å²) in [7, 11) is 0. The molecule has 2 aliphatic heterocycles. The van der Waals surface area contributed by atoms with E-state index < -0.39 is 0 Å². The van der Waals surface area contributed by atoms with Crippen LogP contribution in [-0.4, -0.2) is 37.6 Å². The fourth-order valence-corrected chi connectivity index (χ4v) is 3.14. The van der Waals surface area contributed by atoms with E-state index >= 15 is 0 Å². The van der Waals surface area contributed by atoms with E-state index in [1.54, 1.807) is 0 Å². The Labute approximate surface area is 94.4 Å². The van der Waals surface area contributed by atoms with Gasteiger partial charge in [0.2, 0.25) is 0 Å². The molecule has 2 heterocycles. The van der Waals surface area contributed by atoms with Crippen LogP contribution in [0.5, 0.6) is 0 Å². The van der Waals surface area contributed by atoms with Crippen molar-refractivity contribution in [1.29, 1.82) is 0 Å². The Bertz CT molecular complexity index is 213. The van der Waals surface area contributed by atoms with Crippen LogP contribution in [0.25, 0.3) is 0 Å². The van der Waals surface area contributed by atoms with E-state index in [1.165, 1.54) is 45.6 Å². The zero-order chi connectivity index (χ0) is 10.9. The molecule has 2 aliphatic rings. The third-order valence-corrected chi connectivity index (χ3v) is 4.15. The van der Waals surface area contributed by atoms with Crippen molar-refractivity contribution in [3.63, 3.8) is 0 Å². The van der Waals surface area contributed by atoms with Gasteiger partial charge in [-0.15, -0.1) is 0 Å². The van der Waals surface area contributed by atoms with E-state index in [0.717, 1.165) is 11.8 Å². The molecule has 2 heteroatoms. The fourth-order valence-electron chi connectivity index (χ4n) is 3.14. The van der Waals surface area contributed by atoms with Crippen LogP contribution >= 0.6 is 0 Å². The van der Waals surface area contributed by atoms with Crippen LogP contribution < -0.4 is 5.32 Å². The summed E-state index contributed by atoms with van der Waals surface area (Å²) in [4.78, 5) is 2.69. The van der Waals surface area contributed by atoms with Gasteiger partial charge in [-0.3, -0.25) is 0 Å². The van der Waals surface area contributed by atoms with E-state index in [4.69, 9.17) is 0 Å². The fraction of sp³-hybridized carbons (Fsp3) is 1.00. The molecule has 0 aromatic heterocycles. The van der Waals surface area contributed by atoms with Crippen LogP contribution in [0.4, 0.5) is 0 Å². The molecule has 0 aromatic rings. The molecule has 88 valence electrons. The molecule has 2 nitrogen and oxygen atoms in total. The average molecular weight is 210 g/mol. The minimum absolute atomic E-state index is 0.549. The molecule has 2 atom stereocenters. The number of nitrogens with zero attached hydrogens (tertiary/aromatic N) is 1.